The van der Waals surface area contributed by atoms with Gasteiger partial charge in [-0.1, -0.05) is 26.8 Å². The first-order chi connectivity index (χ1) is 9.61. The van der Waals surface area contributed by atoms with Gasteiger partial charge in [0.05, 0.1) is 15.1 Å². The number of rotatable bonds is 5. The quantitative estimate of drug-likeness (QED) is 0.780. The Morgan fingerprint density at radius 2 is 1.67 bits per heavy atom. The molecule has 0 N–H and O–H groups in total. The van der Waals surface area contributed by atoms with Gasteiger partial charge in [-0.15, -0.1) is 0 Å². The Balaban J connectivity index is 3.53. The fraction of sp³-hybridized carbons (Fsp3) is 0.625. The van der Waals surface area contributed by atoms with Crippen molar-refractivity contribution >= 4 is 25.5 Å². The van der Waals surface area contributed by atoms with Gasteiger partial charge in [-0.05, 0) is 56.0 Å². The molecule has 0 aromatic heterocycles. The van der Waals surface area contributed by atoms with E-state index in [1.165, 1.54) is 5.56 Å². The summed E-state index contributed by atoms with van der Waals surface area (Å²) in [6.07, 6.45) is 1.71. The molecule has 0 saturated carbocycles. The number of hydrogen-bond acceptors (Lipinski definition) is 2. The highest BCUT2D eigenvalue weighted by Gasteiger charge is 2.33. The Hall–Kier alpha value is -0.653. The number of hydrogen-bond donors (Lipinski definition) is 0. The van der Waals surface area contributed by atoms with E-state index < -0.39 is 15.6 Å². The maximum atomic E-state index is 13.0. The summed E-state index contributed by atoms with van der Waals surface area (Å²) in [5.74, 6) is 0. The van der Waals surface area contributed by atoms with Crippen LogP contribution in [-0.4, -0.2) is 35.0 Å². The smallest absolute Gasteiger partial charge is 0.207 e. The van der Waals surface area contributed by atoms with Crippen molar-refractivity contribution in [1.82, 2.24) is 4.31 Å². The van der Waals surface area contributed by atoms with Crippen molar-refractivity contribution in [2.45, 2.75) is 64.8 Å². The Morgan fingerprint density at radius 1 is 1.10 bits per heavy atom. The molecule has 21 heavy (non-hydrogen) atoms. The van der Waals surface area contributed by atoms with Crippen LogP contribution in [0.4, 0.5) is 0 Å². The molecule has 3 radical (unpaired) electrons. The van der Waals surface area contributed by atoms with E-state index in [1.54, 1.807) is 10.4 Å². The van der Waals surface area contributed by atoms with Gasteiger partial charge in [-0.25, -0.2) is 8.42 Å². The lowest BCUT2D eigenvalue weighted by Gasteiger charge is -2.34. The van der Waals surface area contributed by atoms with Crippen molar-refractivity contribution in [1.29, 1.82) is 0 Å². The Bertz CT molecular complexity index is 603. The van der Waals surface area contributed by atoms with Crippen LogP contribution in [0.1, 0.15) is 52.7 Å². The minimum atomic E-state index is -3.51. The van der Waals surface area contributed by atoms with Gasteiger partial charge in [-0.3, -0.25) is 0 Å². The van der Waals surface area contributed by atoms with Crippen LogP contribution in [-0.2, 0) is 22.9 Å². The summed E-state index contributed by atoms with van der Waals surface area (Å²) in [6.45, 7) is 12.2. The predicted molar refractivity (Wildman–Crippen MR) is 89.9 cm³/mol. The number of benzene rings is 1. The summed E-state index contributed by atoms with van der Waals surface area (Å²) in [6, 6.07) is 3.66. The SMILES string of the molecule is CCc1ccc(S(=O)(=O)N(CC)C(C)(C)C)c([Si])c1CC. The Morgan fingerprint density at radius 3 is 2.05 bits per heavy atom. The number of nitrogens with zero attached hydrogens (tertiary/aromatic N) is 1. The number of aryl methyl sites for hydroxylation is 1. The van der Waals surface area contributed by atoms with Gasteiger partial charge in [0.1, 0.15) is 0 Å². The zero-order chi connectivity index (χ0) is 16.4. The van der Waals surface area contributed by atoms with E-state index >= 15 is 0 Å². The third-order valence-electron chi connectivity index (χ3n) is 3.71. The Kier molecular flexibility index (Phi) is 5.81. The molecule has 1 aromatic rings. The minimum Gasteiger partial charge on any atom is -0.207 e. The molecule has 0 aliphatic heterocycles. The van der Waals surface area contributed by atoms with E-state index in [9.17, 15) is 8.42 Å². The third kappa shape index (κ3) is 3.58. The van der Waals surface area contributed by atoms with Crippen LogP contribution < -0.4 is 5.19 Å². The van der Waals surface area contributed by atoms with Crippen LogP contribution in [0.15, 0.2) is 17.0 Å². The summed E-state index contributed by atoms with van der Waals surface area (Å²) >= 11 is 0. The van der Waals surface area contributed by atoms with Crippen molar-refractivity contribution < 1.29 is 8.42 Å². The second kappa shape index (κ2) is 6.63. The van der Waals surface area contributed by atoms with E-state index in [0.29, 0.717) is 16.6 Å². The van der Waals surface area contributed by atoms with Crippen LogP contribution in [0.25, 0.3) is 0 Å². The number of sulfonamides is 1. The average Bonchev–Trinajstić information content (AvgIpc) is 2.36. The molecule has 117 valence electrons. The summed E-state index contributed by atoms with van der Waals surface area (Å²) < 4.78 is 27.5. The van der Waals surface area contributed by atoms with E-state index in [4.69, 9.17) is 0 Å². The largest absolute Gasteiger partial charge is 0.243 e. The van der Waals surface area contributed by atoms with Crippen molar-refractivity contribution in [3.8, 4) is 0 Å². The first kappa shape index (κ1) is 18.4. The summed E-state index contributed by atoms with van der Waals surface area (Å²) in [4.78, 5) is 0.366. The molecule has 0 atom stereocenters. The lowest BCUT2D eigenvalue weighted by atomic mass is 10.0. The molecule has 0 heterocycles. The normalized spacial score (nSPS) is 13.0. The highest BCUT2D eigenvalue weighted by atomic mass is 32.2. The van der Waals surface area contributed by atoms with Gasteiger partial charge in [0, 0.05) is 12.1 Å². The highest BCUT2D eigenvalue weighted by molar-refractivity contribution is 7.89. The molecule has 0 aliphatic carbocycles. The Labute approximate surface area is 133 Å². The maximum absolute atomic E-state index is 13.0. The van der Waals surface area contributed by atoms with E-state index in [2.05, 4.69) is 24.1 Å². The lowest BCUT2D eigenvalue weighted by molar-refractivity contribution is 0.260. The van der Waals surface area contributed by atoms with Crippen LogP contribution >= 0.6 is 0 Å². The molecule has 0 bridgehead atoms. The van der Waals surface area contributed by atoms with E-state index in [0.717, 1.165) is 18.4 Å². The first-order valence-electron chi connectivity index (χ1n) is 7.50. The minimum absolute atomic E-state index is 0.366. The monoisotopic (exact) mass is 324 g/mol. The molecule has 0 fully saturated rings. The average molecular weight is 325 g/mol. The second-order valence-corrected chi connectivity index (χ2v) is 8.45. The summed E-state index contributed by atoms with van der Waals surface area (Å²) in [7, 11) is 0.0740. The van der Waals surface area contributed by atoms with Gasteiger partial charge >= 0.3 is 0 Å². The van der Waals surface area contributed by atoms with Crippen molar-refractivity contribution in [3.63, 3.8) is 0 Å². The van der Waals surface area contributed by atoms with Gasteiger partial charge in [-0.2, -0.15) is 4.31 Å². The topological polar surface area (TPSA) is 37.4 Å². The molecule has 1 aromatic carbocycles. The molecule has 3 nitrogen and oxygen atoms in total. The second-order valence-electron chi connectivity index (χ2n) is 6.12. The standard InChI is InChI=1S/C16H26NO2SSi/c1-7-12-10-11-14(15(21)13(12)8-2)20(18,19)17(9-3)16(4,5)6/h10-11H,7-9H2,1-6H3. The predicted octanol–water partition coefficient (Wildman–Crippen LogP) is 2.41. The molecule has 5 heteroatoms. The van der Waals surface area contributed by atoms with Gasteiger partial charge < -0.3 is 0 Å². The zero-order valence-electron chi connectivity index (χ0n) is 13.9. The molecule has 0 saturated heterocycles. The van der Waals surface area contributed by atoms with Crippen LogP contribution in [0.5, 0.6) is 0 Å². The fourth-order valence-electron chi connectivity index (χ4n) is 2.74. The molecule has 0 spiro atoms. The van der Waals surface area contributed by atoms with E-state index in [-0.39, 0.29) is 0 Å². The lowest BCUT2D eigenvalue weighted by Crippen LogP contribution is -2.46. The first-order valence-corrected chi connectivity index (χ1v) is 9.44. The van der Waals surface area contributed by atoms with Crippen molar-refractivity contribution in [2.75, 3.05) is 6.54 Å². The molecule has 0 aliphatic rings. The van der Waals surface area contributed by atoms with Crippen LogP contribution in [0.2, 0.25) is 0 Å². The van der Waals surface area contributed by atoms with Crippen molar-refractivity contribution in [2.24, 2.45) is 0 Å². The molecule has 0 unspecified atom stereocenters. The fourth-order valence-corrected chi connectivity index (χ4v) is 5.47. The van der Waals surface area contributed by atoms with Gasteiger partial charge in [0.25, 0.3) is 0 Å². The summed E-state index contributed by atoms with van der Waals surface area (Å²) in [5, 5.41) is 0.708. The van der Waals surface area contributed by atoms with E-state index in [1.807, 2.05) is 33.8 Å². The molecule has 0 amide bonds. The molecular weight excluding hydrogens is 298 g/mol. The summed E-state index contributed by atoms with van der Waals surface area (Å²) in [5.41, 5.74) is 1.84. The third-order valence-corrected chi connectivity index (χ3v) is 6.74. The van der Waals surface area contributed by atoms with Crippen molar-refractivity contribution in [3.05, 3.63) is 23.3 Å². The maximum Gasteiger partial charge on any atom is 0.243 e. The van der Waals surface area contributed by atoms with Gasteiger partial charge in [0.15, 0.2) is 0 Å². The molecular formula is C16H26NO2SSi. The highest BCUT2D eigenvalue weighted by Crippen LogP contribution is 2.24. The van der Waals surface area contributed by atoms with Crippen LogP contribution in [0, 0.1) is 0 Å². The molecule has 1 rings (SSSR count). The zero-order valence-corrected chi connectivity index (χ0v) is 15.8. The van der Waals surface area contributed by atoms with Gasteiger partial charge in [0.2, 0.25) is 10.0 Å². The van der Waals surface area contributed by atoms with Crippen LogP contribution in [0.3, 0.4) is 0 Å².